The van der Waals surface area contributed by atoms with Crippen LogP contribution in [0.2, 0.25) is 0 Å². The second-order valence-electron chi connectivity index (χ2n) is 6.20. The molecule has 0 saturated heterocycles. The number of anilines is 1. The Morgan fingerprint density at radius 3 is 1.96 bits per heavy atom. The van der Waals surface area contributed by atoms with Gasteiger partial charge in [0.15, 0.2) is 0 Å². The summed E-state index contributed by atoms with van der Waals surface area (Å²) in [6.07, 6.45) is -9.50. The molecule has 2 unspecified atom stereocenters. The normalized spacial score (nSPS) is 19.8. The Kier molecular flexibility index (Phi) is 5.52. The van der Waals surface area contributed by atoms with Gasteiger partial charge in [-0.2, -0.15) is 26.3 Å². The van der Waals surface area contributed by atoms with E-state index < -0.39 is 35.1 Å². The highest BCUT2D eigenvalue weighted by Crippen LogP contribution is 2.38. The zero-order valence-corrected chi connectivity index (χ0v) is 13.6. The molecule has 2 atom stereocenters. The zero-order valence-electron chi connectivity index (χ0n) is 13.6. The first-order valence-corrected chi connectivity index (χ1v) is 7.75. The minimum absolute atomic E-state index is 0.0211. The van der Waals surface area contributed by atoms with Crippen LogP contribution in [-0.2, 0) is 21.9 Å². The number of alkyl halides is 6. The summed E-state index contributed by atoms with van der Waals surface area (Å²) >= 11 is 0. The Hall–Kier alpha value is -2.26. The number of amides is 2. The van der Waals surface area contributed by atoms with Gasteiger partial charge in [0, 0.05) is 24.6 Å². The highest BCUT2D eigenvalue weighted by Gasteiger charge is 2.39. The molecule has 10 heteroatoms. The molecule has 26 heavy (non-hydrogen) atoms. The Labute approximate surface area is 144 Å². The number of halogens is 6. The van der Waals surface area contributed by atoms with Crippen LogP contribution < -0.4 is 10.6 Å². The topological polar surface area (TPSA) is 58.2 Å². The largest absolute Gasteiger partial charge is 0.416 e. The van der Waals surface area contributed by atoms with E-state index >= 15 is 0 Å². The van der Waals surface area contributed by atoms with E-state index in [1.54, 1.807) is 0 Å². The molecule has 0 bridgehead atoms. The van der Waals surface area contributed by atoms with Crippen molar-refractivity contribution in [1.82, 2.24) is 5.32 Å². The van der Waals surface area contributed by atoms with Crippen molar-refractivity contribution in [2.24, 2.45) is 11.8 Å². The van der Waals surface area contributed by atoms with Crippen molar-refractivity contribution in [3.8, 4) is 0 Å². The molecule has 1 aliphatic carbocycles. The standard InChI is InChI=1S/C16H16F6N2O2/c1-8-4-12(8)14(26)23-3-2-13(25)24-11-6-9(15(17,18)19)5-10(7-11)16(20,21)22/h5-8,12H,2-4H2,1H3,(H,23,26)(H,24,25). The summed E-state index contributed by atoms with van der Waals surface area (Å²) < 4.78 is 76.5. The van der Waals surface area contributed by atoms with Gasteiger partial charge in [0.25, 0.3) is 0 Å². The third kappa shape index (κ3) is 5.37. The zero-order chi connectivity index (χ0) is 19.7. The molecule has 0 spiro atoms. The molecular formula is C16H16F6N2O2. The lowest BCUT2D eigenvalue weighted by Gasteiger charge is -2.15. The van der Waals surface area contributed by atoms with Crippen LogP contribution >= 0.6 is 0 Å². The van der Waals surface area contributed by atoms with Gasteiger partial charge in [0.05, 0.1) is 11.1 Å². The van der Waals surface area contributed by atoms with Gasteiger partial charge in [0.2, 0.25) is 11.8 Å². The van der Waals surface area contributed by atoms with E-state index in [0.29, 0.717) is 12.1 Å². The highest BCUT2D eigenvalue weighted by molar-refractivity contribution is 5.91. The molecule has 1 saturated carbocycles. The lowest BCUT2D eigenvalue weighted by molar-refractivity contribution is -0.143. The van der Waals surface area contributed by atoms with E-state index in [2.05, 4.69) is 5.32 Å². The van der Waals surface area contributed by atoms with Gasteiger partial charge in [-0.05, 0) is 30.5 Å². The molecule has 0 radical (unpaired) electrons. The minimum Gasteiger partial charge on any atom is -0.355 e. The first-order chi connectivity index (χ1) is 11.9. The molecule has 0 heterocycles. The van der Waals surface area contributed by atoms with Gasteiger partial charge in [-0.3, -0.25) is 9.59 Å². The van der Waals surface area contributed by atoms with Gasteiger partial charge in [0.1, 0.15) is 0 Å². The third-order valence-corrected chi connectivity index (χ3v) is 3.97. The van der Waals surface area contributed by atoms with Crippen LogP contribution in [0.3, 0.4) is 0 Å². The fraction of sp³-hybridized carbons (Fsp3) is 0.500. The van der Waals surface area contributed by atoms with Crippen LogP contribution in [0.1, 0.15) is 30.9 Å². The molecule has 1 aliphatic rings. The van der Waals surface area contributed by atoms with E-state index in [9.17, 15) is 35.9 Å². The van der Waals surface area contributed by atoms with Crippen LogP contribution in [0.4, 0.5) is 32.0 Å². The number of carbonyl (C=O) groups excluding carboxylic acids is 2. The van der Waals surface area contributed by atoms with Gasteiger partial charge in [-0.15, -0.1) is 0 Å². The number of hydrogen-bond donors (Lipinski definition) is 2. The van der Waals surface area contributed by atoms with E-state index in [1.807, 2.05) is 12.2 Å². The minimum atomic E-state index is -4.99. The van der Waals surface area contributed by atoms with E-state index in [1.165, 1.54) is 0 Å². The van der Waals surface area contributed by atoms with E-state index in [0.717, 1.165) is 6.42 Å². The summed E-state index contributed by atoms with van der Waals surface area (Å²) in [6, 6.07) is 0.835. The van der Waals surface area contributed by atoms with Gasteiger partial charge < -0.3 is 10.6 Å². The van der Waals surface area contributed by atoms with Crippen molar-refractivity contribution < 1.29 is 35.9 Å². The summed E-state index contributed by atoms with van der Waals surface area (Å²) in [7, 11) is 0. The fourth-order valence-electron chi connectivity index (χ4n) is 2.37. The Balaban J connectivity index is 2.00. The van der Waals surface area contributed by atoms with E-state index in [-0.39, 0.29) is 36.8 Å². The molecule has 1 aromatic carbocycles. The number of carbonyl (C=O) groups is 2. The number of rotatable bonds is 5. The van der Waals surface area contributed by atoms with Crippen LogP contribution in [0.15, 0.2) is 18.2 Å². The molecule has 144 valence electrons. The van der Waals surface area contributed by atoms with Crippen molar-refractivity contribution in [2.75, 3.05) is 11.9 Å². The summed E-state index contributed by atoms with van der Waals surface area (Å²) in [5.74, 6) is -0.851. The van der Waals surface area contributed by atoms with Crippen LogP contribution in [0.25, 0.3) is 0 Å². The Morgan fingerprint density at radius 1 is 1.04 bits per heavy atom. The summed E-state index contributed by atoms with van der Waals surface area (Å²) in [4.78, 5) is 23.3. The number of hydrogen-bond acceptors (Lipinski definition) is 2. The molecule has 2 N–H and O–H groups in total. The van der Waals surface area contributed by atoms with Gasteiger partial charge in [-0.1, -0.05) is 6.92 Å². The van der Waals surface area contributed by atoms with Gasteiger partial charge in [-0.25, -0.2) is 0 Å². The molecule has 0 aromatic heterocycles. The lowest BCUT2D eigenvalue weighted by atomic mass is 10.1. The maximum Gasteiger partial charge on any atom is 0.416 e. The monoisotopic (exact) mass is 382 g/mol. The number of benzene rings is 1. The SMILES string of the molecule is CC1CC1C(=O)NCCC(=O)Nc1cc(C(F)(F)F)cc(C(F)(F)F)c1. The first-order valence-electron chi connectivity index (χ1n) is 7.75. The average molecular weight is 382 g/mol. The summed E-state index contributed by atoms with van der Waals surface area (Å²) in [5, 5.41) is 4.51. The first kappa shape index (κ1) is 20.1. The van der Waals surface area contributed by atoms with Crippen LogP contribution in [0.5, 0.6) is 0 Å². The quantitative estimate of drug-likeness (QED) is 0.761. The molecule has 4 nitrogen and oxygen atoms in total. The number of nitrogens with one attached hydrogen (secondary N) is 2. The smallest absolute Gasteiger partial charge is 0.355 e. The molecule has 1 aromatic rings. The maximum atomic E-state index is 12.8. The average Bonchev–Trinajstić information content (AvgIpc) is 3.22. The van der Waals surface area contributed by atoms with E-state index in [4.69, 9.17) is 0 Å². The van der Waals surface area contributed by atoms with Crippen molar-refractivity contribution in [1.29, 1.82) is 0 Å². The molecule has 2 amide bonds. The predicted molar refractivity (Wildman–Crippen MR) is 80.0 cm³/mol. The summed E-state index contributed by atoms with van der Waals surface area (Å²) in [5.41, 5.74) is -3.64. The Morgan fingerprint density at radius 2 is 1.54 bits per heavy atom. The third-order valence-electron chi connectivity index (χ3n) is 3.97. The van der Waals surface area contributed by atoms with Crippen LogP contribution in [-0.4, -0.2) is 18.4 Å². The molecule has 1 fully saturated rings. The maximum absolute atomic E-state index is 12.8. The molecule has 0 aliphatic heterocycles. The summed E-state index contributed by atoms with van der Waals surface area (Å²) in [6.45, 7) is 1.84. The van der Waals surface area contributed by atoms with Crippen molar-refractivity contribution >= 4 is 17.5 Å². The second-order valence-corrected chi connectivity index (χ2v) is 6.20. The van der Waals surface area contributed by atoms with Crippen molar-refractivity contribution in [3.63, 3.8) is 0 Å². The van der Waals surface area contributed by atoms with Crippen molar-refractivity contribution in [2.45, 2.75) is 32.1 Å². The predicted octanol–water partition coefficient (Wildman–Crippen LogP) is 3.83. The lowest BCUT2D eigenvalue weighted by Crippen LogP contribution is -2.29. The van der Waals surface area contributed by atoms with Gasteiger partial charge >= 0.3 is 12.4 Å². The molecule has 2 rings (SSSR count). The van der Waals surface area contributed by atoms with Crippen LogP contribution in [0, 0.1) is 11.8 Å². The highest BCUT2D eigenvalue weighted by atomic mass is 19.4. The van der Waals surface area contributed by atoms with Crippen molar-refractivity contribution in [3.05, 3.63) is 29.3 Å². The Bertz CT molecular complexity index is 667. The second kappa shape index (κ2) is 7.16. The fourth-order valence-corrected chi connectivity index (χ4v) is 2.37. The molecular weight excluding hydrogens is 366 g/mol.